The van der Waals surface area contributed by atoms with E-state index < -0.39 is 5.91 Å². The zero-order valence-corrected chi connectivity index (χ0v) is 20.4. The summed E-state index contributed by atoms with van der Waals surface area (Å²) in [5.74, 6) is -0.637. The molecule has 0 radical (unpaired) electrons. The van der Waals surface area contributed by atoms with Gasteiger partial charge in [0.2, 0.25) is 5.91 Å². The van der Waals surface area contributed by atoms with Gasteiger partial charge >= 0.3 is 0 Å². The molecule has 0 saturated carbocycles. The van der Waals surface area contributed by atoms with Crippen molar-refractivity contribution in [3.05, 3.63) is 70.6 Å². The molecule has 0 saturated heterocycles. The summed E-state index contributed by atoms with van der Waals surface area (Å²) in [5, 5.41) is 11.8. The summed E-state index contributed by atoms with van der Waals surface area (Å²) in [6.07, 6.45) is 2.02. The predicted molar refractivity (Wildman–Crippen MR) is 130 cm³/mol. The van der Waals surface area contributed by atoms with Crippen molar-refractivity contribution in [2.24, 2.45) is 5.73 Å². The van der Waals surface area contributed by atoms with Gasteiger partial charge in [-0.2, -0.15) is 10.2 Å². The van der Waals surface area contributed by atoms with Crippen molar-refractivity contribution in [2.75, 3.05) is 5.32 Å². The number of halogens is 1. The summed E-state index contributed by atoms with van der Waals surface area (Å²) >= 11 is 0. The maximum atomic E-state index is 13.4. The fourth-order valence-electron chi connectivity index (χ4n) is 3.91. The van der Waals surface area contributed by atoms with Gasteiger partial charge < -0.3 is 11.1 Å². The number of amides is 2. The van der Waals surface area contributed by atoms with Crippen LogP contribution in [0.5, 0.6) is 0 Å². The highest BCUT2D eigenvalue weighted by Crippen LogP contribution is 2.27. The number of anilines is 1. The lowest BCUT2D eigenvalue weighted by Gasteiger charge is -2.14. The lowest BCUT2D eigenvalue weighted by molar-refractivity contribution is -0.116. The molecule has 35 heavy (non-hydrogen) atoms. The van der Waals surface area contributed by atoms with Gasteiger partial charge in [-0.15, -0.1) is 0 Å². The van der Waals surface area contributed by atoms with E-state index in [1.54, 1.807) is 21.3 Å². The first-order valence-electron chi connectivity index (χ1n) is 11.3. The molecule has 1 aromatic carbocycles. The minimum absolute atomic E-state index is 0.193. The highest BCUT2D eigenvalue weighted by Gasteiger charge is 2.22. The first kappa shape index (κ1) is 24.1. The molecule has 0 aliphatic carbocycles. The second-order valence-electron chi connectivity index (χ2n) is 9.52. The number of hydrogen-bond donors (Lipinski definition) is 2. The number of hydrogen-bond acceptors (Lipinski definition) is 5. The SMILES string of the molecule is Cc1nc2c(C(N)=O)cnn2c(C)c1CCC(=O)Nc1cc(C(C)(C)C)nn1-c1ccc(F)cc1. The second kappa shape index (κ2) is 8.94. The molecule has 10 heteroatoms. The minimum atomic E-state index is -0.592. The van der Waals surface area contributed by atoms with Crippen molar-refractivity contribution < 1.29 is 14.0 Å². The Morgan fingerprint density at radius 2 is 1.83 bits per heavy atom. The Morgan fingerprint density at radius 3 is 2.46 bits per heavy atom. The Balaban J connectivity index is 1.57. The van der Waals surface area contributed by atoms with Crippen LogP contribution in [-0.2, 0) is 16.6 Å². The normalized spacial score (nSPS) is 11.7. The second-order valence-corrected chi connectivity index (χ2v) is 9.52. The molecule has 0 spiro atoms. The molecular weight excluding hydrogens is 449 g/mol. The number of carbonyl (C=O) groups excluding carboxylic acids is 2. The molecule has 0 unspecified atom stereocenters. The van der Waals surface area contributed by atoms with Gasteiger partial charge in [-0.3, -0.25) is 9.59 Å². The van der Waals surface area contributed by atoms with Gasteiger partial charge in [0.15, 0.2) is 5.65 Å². The summed E-state index contributed by atoms with van der Waals surface area (Å²) in [7, 11) is 0. The van der Waals surface area contributed by atoms with Crippen LogP contribution in [0.15, 0.2) is 36.5 Å². The molecule has 0 aliphatic heterocycles. The number of benzene rings is 1. The molecule has 2 amide bonds. The van der Waals surface area contributed by atoms with Crippen molar-refractivity contribution in [1.29, 1.82) is 0 Å². The zero-order chi connectivity index (χ0) is 25.5. The van der Waals surface area contributed by atoms with E-state index >= 15 is 0 Å². The lowest BCUT2D eigenvalue weighted by atomic mass is 9.92. The first-order valence-corrected chi connectivity index (χ1v) is 11.3. The van der Waals surface area contributed by atoms with Crippen LogP contribution in [0, 0.1) is 19.7 Å². The van der Waals surface area contributed by atoms with Crippen LogP contribution in [0.25, 0.3) is 11.3 Å². The van der Waals surface area contributed by atoms with Crippen molar-refractivity contribution in [2.45, 2.75) is 52.9 Å². The number of primary amides is 1. The molecule has 0 bridgehead atoms. The van der Waals surface area contributed by atoms with Crippen LogP contribution in [0.4, 0.5) is 10.2 Å². The molecule has 3 aromatic heterocycles. The van der Waals surface area contributed by atoms with E-state index in [2.05, 4.69) is 20.5 Å². The van der Waals surface area contributed by atoms with E-state index in [9.17, 15) is 14.0 Å². The van der Waals surface area contributed by atoms with Crippen molar-refractivity contribution in [3.8, 4) is 5.69 Å². The third-order valence-corrected chi connectivity index (χ3v) is 5.89. The summed E-state index contributed by atoms with van der Waals surface area (Å²) in [6, 6.07) is 7.77. The lowest BCUT2D eigenvalue weighted by Crippen LogP contribution is -2.17. The molecule has 3 N–H and O–H groups in total. The fraction of sp³-hybridized carbons (Fsp3) is 0.320. The van der Waals surface area contributed by atoms with Gasteiger partial charge in [-0.1, -0.05) is 20.8 Å². The van der Waals surface area contributed by atoms with Crippen LogP contribution < -0.4 is 11.1 Å². The van der Waals surface area contributed by atoms with Gasteiger partial charge in [0, 0.05) is 29.3 Å². The largest absolute Gasteiger partial charge is 0.365 e. The molecule has 0 fully saturated rings. The Kier molecular flexibility index (Phi) is 6.14. The standard InChI is InChI=1S/C25H28FN7O2/c1-14-18(15(2)32-24(29-14)19(13-28-32)23(27)35)10-11-22(34)30-21-12-20(25(3,4)5)31-33(21)17-8-6-16(26)7-9-17/h6-9,12-13H,10-11H2,1-5H3,(H2,27,35)(H,30,34). The van der Waals surface area contributed by atoms with Crippen LogP contribution in [0.2, 0.25) is 0 Å². The highest BCUT2D eigenvalue weighted by molar-refractivity contribution is 5.98. The highest BCUT2D eigenvalue weighted by atomic mass is 19.1. The Hall–Kier alpha value is -4.08. The Morgan fingerprint density at radius 1 is 1.14 bits per heavy atom. The number of nitrogens with two attached hydrogens (primary N) is 1. The van der Waals surface area contributed by atoms with Gasteiger partial charge in [0.05, 0.1) is 17.6 Å². The van der Waals surface area contributed by atoms with Crippen molar-refractivity contribution in [3.63, 3.8) is 0 Å². The van der Waals surface area contributed by atoms with E-state index in [1.165, 1.54) is 18.3 Å². The summed E-state index contributed by atoms with van der Waals surface area (Å²) in [6.45, 7) is 9.79. The molecule has 0 atom stereocenters. The van der Waals surface area contributed by atoms with E-state index in [-0.39, 0.29) is 29.1 Å². The number of rotatable bonds is 6. The van der Waals surface area contributed by atoms with Gasteiger partial charge in [-0.25, -0.2) is 18.6 Å². The van der Waals surface area contributed by atoms with Crippen LogP contribution in [-0.4, -0.2) is 36.2 Å². The Labute approximate surface area is 202 Å². The fourth-order valence-corrected chi connectivity index (χ4v) is 3.91. The molecule has 0 aliphatic rings. The number of aromatic nitrogens is 5. The molecule has 4 aromatic rings. The summed E-state index contributed by atoms with van der Waals surface area (Å²) in [4.78, 5) is 29.1. The number of carbonyl (C=O) groups is 2. The number of aryl methyl sites for hydroxylation is 2. The van der Waals surface area contributed by atoms with Gasteiger partial charge in [-0.05, 0) is 50.1 Å². The van der Waals surface area contributed by atoms with Gasteiger partial charge in [0.1, 0.15) is 17.2 Å². The summed E-state index contributed by atoms with van der Waals surface area (Å²) < 4.78 is 16.6. The van der Waals surface area contributed by atoms with E-state index in [0.29, 0.717) is 29.3 Å². The molecule has 4 rings (SSSR count). The monoisotopic (exact) mass is 477 g/mol. The van der Waals surface area contributed by atoms with Crippen molar-refractivity contribution in [1.82, 2.24) is 24.4 Å². The van der Waals surface area contributed by atoms with Crippen LogP contribution in [0.1, 0.15) is 60.2 Å². The average molecular weight is 478 g/mol. The maximum absolute atomic E-state index is 13.4. The predicted octanol–water partition coefficient (Wildman–Crippen LogP) is 3.64. The van der Waals surface area contributed by atoms with E-state index in [4.69, 9.17) is 5.73 Å². The summed E-state index contributed by atoms with van der Waals surface area (Å²) in [5.41, 5.74) is 9.63. The molecule has 182 valence electrons. The number of nitrogens with zero attached hydrogens (tertiary/aromatic N) is 5. The average Bonchev–Trinajstić information content (AvgIpc) is 3.39. The van der Waals surface area contributed by atoms with Crippen LogP contribution in [0.3, 0.4) is 0 Å². The molecule has 9 nitrogen and oxygen atoms in total. The quantitative estimate of drug-likeness (QED) is 0.439. The molecular formula is C25H28FN7O2. The smallest absolute Gasteiger partial charge is 0.254 e. The third kappa shape index (κ3) is 4.77. The first-order chi connectivity index (χ1) is 16.5. The van der Waals surface area contributed by atoms with Gasteiger partial charge in [0.25, 0.3) is 5.91 Å². The van der Waals surface area contributed by atoms with Crippen molar-refractivity contribution >= 4 is 23.3 Å². The topological polar surface area (TPSA) is 120 Å². The minimum Gasteiger partial charge on any atom is -0.365 e. The number of fused-ring (bicyclic) bond motifs is 1. The third-order valence-electron chi connectivity index (χ3n) is 5.89. The van der Waals surface area contributed by atoms with E-state index in [1.807, 2.05) is 40.7 Å². The maximum Gasteiger partial charge on any atom is 0.254 e. The number of nitrogens with one attached hydrogen (secondary N) is 1. The van der Waals surface area contributed by atoms with E-state index in [0.717, 1.165) is 17.0 Å². The molecule has 3 heterocycles. The Bertz CT molecular complexity index is 1430. The zero-order valence-electron chi connectivity index (χ0n) is 20.4. The van der Waals surface area contributed by atoms with Crippen LogP contribution >= 0.6 is 0 Å².